The number of ether oxygens (including phenoxy) is 1. The standard InChI is InChI=1S/C22H34F2N4O.HI/c1-25-21(27-18-8-12-28(13-9-18)15-20(23)24)26-16-22(10-3-4-11-22)17-6-5-7-19(14-17)29-2;/h5-7,14,18,20H,3-4,8-13,15-16H2,1-2H3,(H2,25,26,27);1H. The van der Waals surface area contributed by atoms with E-state index in [1.807, 2.05) is 11.0 Å². The molecule has 0 amide bonds. The van der Waals surface area contributed by atoms with Crippen molar-refractivity contribution in [2.75, 3.05) is 40.3 Å². The van der Waals surface area contributed by atoms with Gasteiger partial charge >= 0.3 is 0 Å². The summed E-state index contributed by atoms with van der Waals surface area (Å²) in [7, 11) is 3.49. The summed E-state index contributed by atoms with van der Waals surface area (Å²) in [4.78, 5) is 6.25. The highest BCUT2D eigenvalue weighted by Gasteiger charge is 2.36. The van der Waals surface area contributed by atoms with E-state index in [0.717, 1.165) is 43.9 Å². The number of piperidine rings is 1. The highest BCUT2D eigenvalue weighted by Crippen LogP contribution is 2.41. The Morgan fingerprint density at radius 2 is 1.97 bits per heavy atom. The molecule has 1 heterocycles. The van der Waals surface area contributed by atoms with Crippen molar-refractivity contribution in [1.82, 2.24) is 15.5 Å². The molecule has 2 N–H and O–H groups in total. The van der Waals surface area contributed by atoms with Crippen molar-refractivity contribution >= 4 is 29.9 Å². The van der Waals surface area contributed by atoms with Crippen LogP contribution in [0.25, 0.3) is 0 Å². The van der Waals surface area contributed by atoms with Gasteiger partial charge in [0, 0.05) is 38.1 Å². The number of rotatable bonds is 7. The molecular formula is C22H35F2IN4O. The zero-order valence-corrected chi connectivity index (χ0v) is 20.3. The predicted octanol–water partition coefficient (Wildman–Crippen LogP) is 4.02. The van der Waals surface area contributed by atoms with E-state index in [0.29, 0.717) is 13.1 Å². The summed E-state index contributed by atoms with van der Waals surface area (Å²) in [6, 6.07) is 8.67. The van der Waals surface area contributed by atoms with Crippen LogP contribution in [0.3, 0.4) is 0 Å². The molecule has 3 rings (SSSR count). The Balaban J connectivity index is 0.00000320. The maximum Gasteiger partial charge on any atom is 0.251 e. The van der Waals surface area contributed by atoms with Gasteiger partial charge in [0.1, 0.15) is 5.75 Å². The maximum atomic E-state index is 12.6. The second-order valence-electron chi connectivity index (χ2n) is 8.26. The zero-order chi connectivity index (χ0) is 20.7. The summed E-state index contributed by atoms with van der Waals surface area (Å²) < 4.78 is 30.5. The van der Waals surface area contributed by atoms with Gasteiger partial charge in [-0.2, -0.15) is 0 Å². The van der Waals surface area contributed by atoms with E-state index in [1.54, 1.807) is 14.2 Å². The minimum absolute atomic E-state index is 0. The monoisotopic (exact) mass is 536 g/mol. The zero-order valence-electron chi connectivity index (χ0n) is 18.0. The molecule has 1 aromatic carbocycles. The van der Waals surface area contributed by atoms with Crippen LogP contribution in [0, 0.1) is 0 Å². The molecule has 2 fully saturated rings. The second-order valence-corrected chi connectivity index (χ2v) is 8.26. The van der Waals surface area contributed by atoms with Crippen molar-refractivity contribution in [3.63, 3.8) is 0 Å². The molecule has 8 heteroatoms. The largest absolute Gasteiger partial charge is 0.497 e. The van der Waals surface area contributed by atoms with E-state index in [2.05, 4.69) is 33.8 Å². The van der Waals surface area contributed by atoms with E-state index >= 15 is 0 Å². The van der Waals surface area contributed by atoms with Crippen molar-refractivity contribution in [3.8, 4) is 5.75 Å². The van der Waals surface area contributed by atoms with Crippen LogP contribution >= 0.6 is 24.0 Å². The molecule has 1 aliphatic heterocycles. The van der Waals surface area contributed by atoms with Crippen LogP contribution in [-0.2, 0) is 5.41 Å². The summed E-state index contributed by atoms with van der Waals surface area (Å²) >= 11 is 0. The molecule has 1 aliphatic carbocycles. The first-order valence-corrected chi connectivity index (χ1v) is 10.7. The van der Waals surface area contributed by atoms with Crippen molar-refractivity contribution < 1.29 is 13.5 Å². The Bertz CT molecular complexity index is 675. The number of nitrogens with one attached hydrogen (secondary N) is 2. The molecule has 0 atom stereocenters. The SMILES string of the molecule is CN=C(NCC1(c2cccc(OC)c2)CCCC1)NC1CCN(CC(F)F)CC1.I. The van der Waals surface area contributed by atoms with Crippen molar-refractivity contribution in [1.29, 1.82) is 0 Å². The van der Waals surface area contributed by atoms with Crippen LogP contribution in [0.15, 0.2) is 29.3 Å². The van der Waals surface area contributed by atoms with Crippen LogP contribution in [0.4, 0.5) is 8.78 Å². The summed E-state index contributed by atoms with van der Waals surface area (Å²) in [6.45, 7) is 2.10. The number of aliphatic imine (C=N–C) groups is 1. The van der Waals surface area contributed by atoms with Gasteiger partial charge in [0.05, 0.1) is 13.7 Å². The molecule has 30 heavy (non-hydrogen) atoms. The van der Waals surface area contributed by atoms with Crippen LogP contribution in [0.1, 0.15) is 44.1 Å². The summed E-state index contributed by atoms with van der Waals surface area (Å²) in [6.07, 6.45) is 4.21. The molecule has 0 spiro atoms. The predicted molar refractivity (Wildman–Crippen MR) is 129 cm³/mol. The lowest BCUT2D eigenvalue weighted by Gasteiger charge is -2.34. The molecule has 170 valence electrons. The third kappa shape index (κ3) is 6.67. The highest BCUT2D eigenvalue weighted by atomic mass is 127. The minimum Gasteiger partial charge on any atom is -0.497 e. The normalized spacial score (nSPS) is 20.1. The number of methoxy groups -OCH3 is 1. The minimum atomic E-state index is -2.26. The molecule has 0 bridgehead atoms. The van der Waals surface area contributed by atoms with Gasteiger partial charge in [-0.25, -0.2) is 8.78 Å². The third-order valence-electron chi connectivity index (χ3n) is 6.39. The van der Waals surface area contributed by atoms with Gasteiger partial charge in [-0.1, -0.05) is 25.0 Å². The fourth-order valence-corrected chi connectivity index (χ4v) is 4.67. The molecular weight excluding hydrogens is 501 g/mol. The molecule has 1 saturated carbocycles. The summed E-state index contributed by atoms with van der Waals surface area (Å²) in [5.74, 6) is 1.69. The first kappa shape index (κ1) is 25.1. The average Bonchev–Trinajstić information content (AvgIpc) is 3.22. The Labute approximate surface area is 196 Å². The van der Waals surface area contributed by atoms with Crippen molar-refractivity contribution in [3.05, 3.63) is 29.8 Å². The lowest BCUT2D eigenvalue weighted by atomic mass is 9.78. The summed E-state index contributed by atoms with van der Waals surface area (Å²) in [5.41, 5.74) is 1.41. The Hall–Kier alpha value is -1.16. The number of alkyl halides is 2. The lowest BCUT2D eigenvalue weighted by molar-refractivity contribution is 0.0744. The van der Waals surface area contributed by atoms with Crippen LogP contribution < -0.4 is 15.4 Å². The van der Waals surface area contributed by atoms with E-state index < -0.39 is 6.43 Å². The van der Waals surface area contributed by atoms with E-state index in [4.69, 9.17) is 4.74 Å². The molecule has 1 aromatic rings. The Morgan fingerprint density at radius 1 is 1.27 bits per heavy atom. The Kier molecular flexibility index (Phi) is 10.1. The van der Waals surface area contributed by atoms with Crippen molar-refractivity contribution in [2.24, 2.45) is 4.99 Å². The quantitative estimate of drug-likeness (QED) is 0.314. The molecule has 5 nitrogen and oxygen atoms in total. The number of likely N-dealkylation sites (tertiary alicyclic amines) is 1. The Morgan fingerprint density at radius 3 is 2.57 bits per heavy atom. The summed E-state index contributed by atoms with van der Waals surface area (Å²) in [5, 5.41) is 7.04. The van der Waals surface area contributed by atoms with Crippen LogP contribution in [0.2, 0.25) is 0 Å². The molecule has 0 unspecified atom stereocenters. The number of nitrogens with zero attached hydrogens (tertiary/aromatic N) is 2. The van der Waals surface area contributed by atoms with Gasteiger partial charge in [-0.3, -0.25) is 9.89 Å². The van der Waals surface area contributed by atoms with E-state index in [9.17, 15) is 8.78 Å². The van der Waals surface area contributed by atoms with Gasteiger partial charge in [0.25, 0.3) is 6.43 Å². The topological polar surface area (TPSA) is 48.9 Å². The van der Waals surface area contributed by atoms with E-state index in [1.165, 1.54) is 18.4 Å². The van der Waals surface area contributed by atoms with Crippen LogP contribution in [-0.4, -0.2) is 63.7 Å². The van der Waals surface area contributed by atoms with Gasteiger partial charge in [-0.05, 0) is 43.4 Å². The second kappa shape index (κ2) is 12.0. The van der Waals surface area contributed by atoms with E-state index in [-0.39, 0.29) is 42.0 Å². The number of benzene rings is 1. The third-order valence-corrected chi connectivity index (χ3v) is 6.39. The van der Waals surface area contributed by atoms with Gasteiger partial charge in [0.2, 0.25) is 0 Å². The first-order valence-electron chi connectivity index (χ1n) is 10.7. The maximum absolute atomic E-state index is 12.6. The fraction of sp³-hybridized carbons (Fsp3) is 0.682. The molecule has 0 radical (unpaired) electrons. The number of halogens is 3. The van der Waals surface area contributed by atoms with Gasteiger partial charge in [0.15, 0.2) is 5.96 Å². The number of hydrogen-bond acceptors (Lipinski definition) is 3. The smallest absolute Gasteiger partial charge is 0.251 e. The lowest BCUT2D eigenvalue weighted by Crippen LogP contribution is -2.51. The average molecular weight is 536 g/mol. The van der Waals surface area contributed by atoms with Crippen molar-refractivity contribution in [2.45, 2.75) is 56.4 Å². The fourth-order valence-electron chi connectivity index (χ4n) is 4.67. The number of hydrogen-bond donors (Lipinski definition) is 2. The number of guanidine groups is 1. The van der Waals surface area contributed by atoms with Gasteiger partial charge in [-0.15, -0.1) is 24.0 Å². The molecule has 1 saturated heterocycles. The van der Waals surface area contributed by atoms with Crippen LogP contribution in [0.5, 0.6) is 5.75 Å². The van der Waals surface area contributed by atoms with Gasteiger partial charge < -0.3 is 15.4 Å². The molecule has 2 aliphatic rings. The first-order chi connectivity index (χ1) is 14.0. The highest BCUT2D eigenvalue weighted by molar-refractivity contribution is 14.0. The molecule has 0 aromatic heterocycles.